The summed E-state index contributed by atoms with van der Waals surface area (Å²) >= 11 is 0. The largest absolute Gasteiger partial charge is 0.472 e. The molecule has 0 saturated carbocycles. The highest BCUT2D eigenvalue weighted by molar-refractivity contribution is 7.47. The van der Waals surface area contributed by atoms with E-state index in [0.717, 1.165) is 108 Å². The summed E-state index contributed by atoms with van der Waals surface area (Å²) in [6.45, 7) is 9.67. The Labute approximate surface area is 645 Å². The summed E-state index contributed by atoms with van der Waals surface area (Å²) in [6, 6.07) is 0. The Hall–Kier alpha value is -1.94. The number of phosphoric acid groups is 2. The number of rotatable bonds is 85. The van der Waals surface area contributed by atoms with E-state index in [9.17, 15) is 43.2 Å². The molecule has 3 unspecified atom stereocenters. The van der Waals surface area contributed by atoms with Crippen LogP contribution in [-0.4, -0.2) is 96.7 Å². The van der Waals surface area contributed by atoms with Gasteiger partial charge in [-0.15, -0.1) is 0 Å². The highest BCUT2D eigenvalue weighted by Crippen LogP contribution is 2.45. The summed E-state index contributed by atoms with van der Waals surface area (Å²) in [7, 11) is -9.93. The first-order chi connectivity index (χ1) is 50.9. The summed E-state index contributed by atoms with van der Waals surface area (Å²) in [5.41, 5.74) is 0. The number of unbranched alkanes of at least 4 members (excludes halogenated alkanes) is 54. The lowest BCUT2D eigenvalue weighted by Gasteiger charge is -2.21. The summed E-state index contributed by atoms with van der Waals surface area (Å²) in [5, 5.41) is 10.7. The summed E-state index contributed by atoms with van der Waals surface area (Å²) < 4.78 is 68.9. The number of carbonyl (C=O) groups is 4. The normalized spacial score (nSPS) is 14.1. The monoisotopic (exact) mass is 1540 g/mol. The number of phosphoric ester groups is 2. The Morgan fingerprint density at radius 1 is 0.276 bits per heavy atom. The van der Waals surface area contributed by atoms with Crippen molar-refractivity contribution in [2.24, 2.45) is 11.8 Å². The van der Waals surface area contributed by atoms with Crippen molar-refractivity contribution in [3.8, 4) is 0 Å². The van der Waals surface area contributed by atoms with Crippen LogP contribution in [0.1, 0.15) is 459 Å². The molecule has 19 heteroatoms. The van der Waals surface area contributed by atoms with Gasteiger partial charge in [0.25, 0.3) is 0 Å². The van der Waals surface area contributed by atoms with Gasteiger partial charge >= 0.3 is 39.5 Å². The standard InChI is InChI=1S/C86H168O17P2/c1-7-10-12-14-16-18-20-22-24-28-33-37-41-45-49-56-62-68-83(88)96-74-81(102-85(90)70-64-59-51-47-43-39-35-31-27-26-30-32-36-40-44-48-54-60-66-78(4)5)76-100-104(92,93)98-72-80(87)73-99-105(94,95)101-77-82(75-97-84(89)69-63-57-53-52-55-61-67-79(6)9-3)103-86(91)71-65-58-50-46-42-38-34-29-25-23-21-19-17-15-13-11-8-2/h78-82,87H,7-77H2,1-6H3,(H,92,93)(H,94,95)/t79?,80-,81-,82-/m1/s1. The number of hydrogen-bond acceptors (Lipinski definition) is 15. The maximum Gasteiger partial charge on any atom is 0.472 e. The van der Waals surface area contributed by atoms with Crippen molar-refractivity contribution in [2.75, 3.05) is 39.6 Å². The van der Waals surface area contributed by atoms with Crippen molar-refractivity contribution in [1.29, 1.82) is 0 Å². The zero-order valence-electron chi connectivity index (χ0n) is 69.0. The highest BCUT2D eigenvalue weighted by Gasteiger charge is 2.30. The van der Waals surface area contributed by atoms with E-state index in [0.29, 0.717) is 25.7 Å². The van der Waals surface area contributed by atoms with Crippen LogP contribution in [-0.2, 0) is 65.4 Å². The van der Waals surface area contributed by atoms with Crippen molar-refractivity contribution < 1.29 is 80.2 Å². The lowest BCUT2D eigenvalue weighted by atomic mass is 10.00. The second-order valence-corrected chi connectivity index (χ2v) is 34.6. The van der Waals surface area contributed by atoms with Crippen molar-refractivity contribution >= 4 is 39.5 Å². The minimum absolute atomic E-state index is 0.108. The fraction of sp³-hybridized carbons (Fsp3) is 0.953. The van der Waals surface area contributed by atoms with E-state index < -0.39 is 97.5 Å². The van der Waals surface area contributed by atoms with Gasteiger partial charge in [0.05, 0.1) is 26.4 Å². The zero-order valence-corrected chi connectivity index (χ0v) is 70.8. The van der Waals surface area contributed by atoms with Crippen LogP contribution in [0.15, 0.2) is 0 Å². The lowest BCUT2D eigenvalue weighted by Crippen LogP contribution is -2.30. The van der Waals surface area contributed by atoms with Crippen LogP contribution in [0.4, 0.5) is 0 Å². The Morgan fingerprint density at radius 3 is 0.724 bits per heavy atom. The van der Waals surface area contributed by atoms with E-state index in [-0.39, 0.29) is 25.7 Å². The second kappa shape index (κ2) is 77.4. The van der Waals surface area contributed by atoms with E-state index in [1.165, 1.54) is 270 Å². The first-order valence-corrected chi connectivity index (χ1v) is 47.5. The number of carbonyl (C=O) groups excluding carboxylic acids is 4. The molecule has 0 aliphatic rings. The maximum absolute atomic E-state index is 13.1. The molecule has 0 bridgehead atoms. The predicted molar refractivity (Wildman–Crippen MR) is 432 cm³/mol. The molecule has 105 heavy (non-hydrogen) atoms. The van der Waals surface area contributed by atoms with E-state index in [1.54, 1.807) is 0 Å². The minimum atomic E-state index is -4.97. The van der Waals surface area contributed by atoms with Gasteiger partial charge in [0.15, 0.2) is 12.2 Å². The first-order valence-electron chi connectivity index (χ1n) is 44.5. The highest BCUT2D eigenvalue weighted by atomic mass is 31.2. The van der Waals surface area contributed by atoms with Gasteiger partial charge in [-0.2, -0.15) is 0 Å². The molecular weight excluding hydrogens is 1370 g/mol. The number of aliphatic hydroxyl groups is 1. The number of esters is 4. The van der Waals surface area contributed by atoms with Crippen molar-refractivity contribution in [2.45, 2.75) is 477 Å². The molecule has 0 heterocycles. The number of aliphatic hydroxyl groups excluding tert-OH is 1. The van der Waals surface area contributed by atoms with Crippen molar-refractivity contribution in [3.05, 3.63) is 0 Å². The third-order valence-corrected chi connectivity index (χ3v) is 22.5. The number of hydrogen-bond donors (Lipinski definition) is 3. The molecule has 3 N–H and O–H groups in total. The Kier molecular flexibility index (Phi) is 76.0. The van der Waals surface area contributed by atoms with Gasteiger partial charge in [-0.1, -0.05) is 408 Å². The van der Waals surface area contributed by atoms with Crippen LogP contribution in [0.3, 0.4) is 0 Å². The molecule has 6 atom stereocenters. The van der Waals surface area contributed by atoms with Gasteiger partial charge in [0.2, 0.25) is 0 Å². The SMILES string of the molecule is CCCCCCCCCCCCCCCCCCCC(=O)OC[C@H](COP(=O)(O)OC[C@@H](O)COP(=O)(O)OC[C@@H](COC(=O)CCCCCCCCC(C)CC)OC(=O)CCCCCCCCCCCCCCCCCCC)OC(=O)CCCCCCCCCCCCCCCCCCCCC(C)C. The smallest absolute Gasteiger partial charge is 0.462 e. The molecule has 0 aromatic carbocycles. The van der Waals surface area contributed by atoms with Gasteiger partial charge in [-0.05, 0) is 37.5 Å². The minimum Gasteiger partial charge on any atom is -0.462 e. The average molecular weight is 1540 g/mol. The van der Waals surface area contributed by atoms with Gasteiger partial charge in [-0.3, -0.25) is 37.3 Å². The first kappa shape index (κ1) is 103. The zero-order chi connectivity index (χ0) is 77.1. The maximum atomic E-state index is 13.1. The van der Waals surface area contributed by atoms with Crippen LogP contribution >= 0.6 is 15.6 Å². The summed E-state index contributed by atoms with van der Waals surface area (Å²) in [5.74, 6) is -0.551. The van der Waals surface area contributed by atoms with Crippen LogP contribution in [0.5, 0.6) is 0 Å². The fourth-order valence-corrected chi connectivity index (χ4v) is 15.0. The van der Waals surface area contributed by atoms with Crippen LogP contribution in [0.2, 0.25) is 0 Å². The molecule has 0 aliphatic heterocycles. The third-order valence-electron chi connectivity index (χ3n) is 20.6. The van der Waals surface area contributed by atoms with Crippen LogP contribution < -0.4 is 0 Å². The molecule has 0 rings (SSSR count). The van der Waals surface area contributed by atoms with E-state index in [4.69, 9.17) is 37.0 Å². The second-order valence-electron chi connectivity index (χ2n) is 31.6. The number of ether oxygens (including phenoxy) is 4. The molecule has 0 amide bonds. The molecule has 0 saturated heterocycles. The molecule has 17 nitrogen and oxygen atoms in total. The van der Waals surface area contributed by atoms with Crippen molar-refractivity contribution in [1.82, 2.24) is 0 Å². The lowest BCUT2D eigenvalue weighted by molar-refractivity contribution is -0.161. The summed E-state index contributed by atoms with van der Waals surface area (Å²) in [6.07, 6.45) is 69.5. The molecule has 0 fully saturated rings. The topological polar surface area (TPSA) is 237 Å². The van der Waals surface area contributed by atoms with Gasteiger partial charge in [0.1, 0.15) is 19.3 Å². The van der Waals surface area contributed by atoms with Gasteiger partial charge in [0, 0.05) is 25.7 Å². The van der Waals surface area contributed by atoms with Crippen LogP contribution in [0.25, 0.3) is 0 Å². The fourth-order valence-electron chi connectivity index (χ4n) is 13.4. The molecule has 0 aliphatic carbocycles. The van der Waals surface area contributed by atoms with Crippen LogP contribution in [0, 0.1) is 11.8 Å². The molecule has 0 aromatic rings. The van der Waals surface area contributed by atoms with Gasteiger partial charge < -0.3 is 33.8 Å². The molecule has 624 valence electrons. The molecule has 0 spiro atoms. The quantitative estimate of drug-likeness (QED) is 0.0222. The molecular formula is C86H168O17P2. The van der Waals surface area contributed by atoms with Crippen molar-refractivity contribution in [3.63, 3.8) is 0 Å². The Bertz CT molecular complexity index is 2010. The van der Waals surface area contributed by atoms with Gasteiger partial charge in [-0.25, -0.2) is 9.13 Å². The Morgan fingerprint density at radius 2 is 0.486 bits per heavy atom. The molecule has 0 aromatic heterocycles. The van der Waals surface area contributed by atoms with E-state index in [1.807, 2.05) is 0 Å². The molecule has 0 radical (unpaired) electrons. The summed E-state index contributed by atoms with van der Waals surface area (Å²) in [4.78, 5) is 73.2. The average Bonchev–Trinajstić information content (AvgIpc) is 0.937. The third kappa shape index (κ3) is 78.5. The van der Waals surface area contributed by atoms with E-state index >= 15 is 0 Å². The van der Waals surface area contributed by atoms with E-state index in [2.05, 4.69) is 41.5 Å². The Balaban J connectivity index is 5.23. The predicted octanol–water partition coefficient (Wildman–Crippen LogP) is 26.2.